The Kier molecular flexibility index (Phi) is 5.03. The molecule has 0 spiro atoms. The molecule has 0 radical (unpaired) electrons. The van der Waals surface area contributed by atoms with Gasteiger partial charge in [-0.05, 0) is 37.3 Å². The molecule has 28 heavy (non-hydrogen) atoms. The predicted octanol–water partition coefficient (Wildman–Crippen LogP) is 6.77. The van der Waals surface area contributed by atoms with Crippen LogP contribution in [-0.4, -0.2) is 10.9 Å². The van der Waals surface area contributed by atoms with Crippen molar-refractivity contribution >= 4 is 45.7 Å². The topological polar surface area (TPSA) is 42.0 Å². The molecule has 1 amide bonds. The smallest absolute Gasteiger partial charge is 0.256 e. The minimum Gasteiger partial charge on any atom is -0.322 e. The van der Waals surface area contributed by atoms with Gasteiger partial charge in [-0.15, -0.1) is 0 Å². The molecule has 138 valence electrons. The highest BCUT2D eigenvalue weighted by atomic mass is 35.5. The zero-order valence-electron chi connectivity index (χ0n) is 15.0. The van der Waals surface area contributed by atoms with Gasteiger partial charge in [0.2, 0.25) is 0 Å². The Balaban J connectivity index is 1.79. The first-order valence-corrected chi connectivity index (χ1v) is 9.50. The number of fused-ring (bicyclic) bond motifs is 1. The first kappa shape index (κ1) is 18.5. The summed E-state index contributed by atoms with van der Waals surface area (Å²) < 4.78 is 0. The van der Waals surface area contributed by atoms with Gasteiger partial charge in [-0.2, -0.15) is 0 Å². The van der Waals surface area contributed by atoms with E-state index in [-0.39, 0.29) is 5.91 Å². The number of amides is 1. The number of carbonyl (C=O) groups is 1. The van der Waals surface area contributed by atoms with Crippen LogP contribution in [0, 0.1) is 6.92 Å². The van der Waals surface area contributed by atoms with Gasteiger partial charge in [0.25, 0.3) is 5.91 Å². The molecule has 3 nitrogen and oxygen atoms in total. The summed E-state index contributed by atoms with van der Waals surface area (Å²) >= 11 is 12.0. The number of aromatic nitrogens is 1. The van der Waals surface area contributed by atoms with Crippen molar-refractivity contribution in [1.82, 2.24) is 4.98 Å². The van der Waals surface area contributed by atoms with Crippen molar-refractivity contribution < 1.29 is 4.79 Å². The summed E-state index contributed by atoms with van der Waals surface area (Å²) in [4.78, 5) is 17.8. The monoisotopic (exact) mass is 406 g/mol. The minimum atomic E-state index is -0.231. The molecule has 1 aromatic heterocycles. The van der Waals surface area contributed by atoms with Crippen LogP contribution in [0.5, 0.6) is 0 Å². The number of anilines is 1. The third-order valence-electron chi connectivity index (χ3n) is 4.49. The van der Waals surface area contributed by atoms with Gasteiger partial charge in [0.15, 0.2) is 0 Å². The highest BCUT2D eigenvalue weighted by Gasteiger charge is 2.14. The number of para-hydroxylation sites is 1. The van der Waals surface area contributed by atoms with Gasteiger partial charge in [0, 0.05) is 16.6 Å². The number of hydrogen-bond acceptors (Lipinski definition) is 2. The molecular weight excluding hydrogens is 391 g/mol. The normalized spacial score (nSPS) is 10.8. The maximum Gasteiger partial charge on any atom is 0.256 e. The first-order chi connectivity index (χ1) is 13.5. The molecule has 0 aliphatic carbocycles. The molecule has 0 aliphatic rings. The molecule has 0 saturated carbocycles. The molecule has 0 atom stereocenters. The molecule has 0 bridgehead atoms. The number of pyridine rings is 1. The van der Waals surface area contributed by atoms with Gasteiger partial charge in [-0.25, -0.2) is 4.98 Å². The fraction of sp³-hybridized carbons (Fsp3) is 0.0435. The van der Waals surface area contributed by atoms with Gasteiger partial charge in [0.1, 0.15) is 0 Å². The van der Waals surface area contributed by atoms with E-state index in [0.29, 0.717) is 21.3 Å². The minimum absolute atomic E-state index is 0.231. The van der Waals surface area contributed by atoms with Gasteiger partial charge < -0.3 is 5.32 Å². The van der Waals surface area contributed by atoms with Crippen molar-refractivity contribution in [3.8, 4) is 11.3 Å². The maximum atomic E-state index is 13.0. The SMILES string of the molecule is Cc1ccc(-c2cc(C(=O)Nc3ccc(Cl)c(Cl)c3)c3ccccc3n2)cc1. The quantitative estimate of drug-likeness (QED) is 0.407. The van der Waals surface area contributed by atoms with Crippen molar-refractivity contribution in [1.29, 1.82) is 0 Å². The number of nitrogens with one attached hydrogen (secondary N) is 1. The van der Waals surface area contributed by atoms with Crippen LogP contribution >= 0.6 is 23.2 Å². The fourth-order valence-corrected chi connectivity index (χ4v) is 3.31. The summed E-state index contributed by atoms with van der Waals surface area (Å²) in [7, 11) is 0. The van der Waals surface area contributed by atoms with Crippen LogP contribution in [0.3, 0.4) is 0 Å². The Bertz CT molecular complexity index is 1190. The number of rotatable bonds is 3. The number of hydrogen-bond donors (Lipinski definition) is 1. The third kappa shape index (κ3) is 3.72. The highest BCUT2D eigenvalue weighted by molar-refractivity contribution is 6.42. The molecule has 3 aromatic carbocycles. The van der Waals surface area contributed by atoms with Crippen LogP contribution in [0.25, 0.3) is 22.2 Å². The van der Waals surface area contributed by atoms with Crippen molar-refractivity contribution in [3.63, 3.8) is 0 Å². The van der Waals surface area contributed by atoms with Crippen LogP contribution < -0.4 is 5.32 Å². The zero-order valence-corrected chi connectivity index (χ0v) is 16.6. The highest BCUT2D eigenvalue weighted by Crippen LogP contribution is 2.28. The molecule has 4 aromatic rings. The molecule has 4 rings (SSSR count). The van der Waals surface area contributed by atoms with E-state index >= 15 is 0 Å². The Labute approximate surface area is 172 Å². The lowest BCUT2D eigenvalue weighted by Gasteiger charge is -2.11. The fourth-order valence-electron chi connectivity index (χ4n) is 3.01. The zero-order chi connectivity index (χ0) is 19.7. The second-order valence-electron chi connectivity index (χ2n) is 6.52. The third-order valence-corrected chi connectivity index (χ3v) is 5.22. The molecule has 0 fully saturated rings. The summed E-state index contributed by atoms with van der Waals surface area (Å²) in [5.41, 5.74) is 4.77. The Morgan fingerprint density at radius 3 is 2.39 bits per heavy atom. The van der Waals surface area contributed by atoms with Crippen LogP contribution in [0.2, 0.25) is 10.0 Å². The Hall–Kier alpha value is -2.88. The van der Waals surface area contributed by atoms with E-state index in [1.54, 1.807) is 18.2 Å². The number of halogens is 2. The number of nitrogens with zero attached hydrogens (tertiary/aromatic N) is 1. The predicted molar refractivity (Wildman–Crippen MR) is 116 cm³/mol. The van der Waals surface area contributed by atoms with E-state index in [9.17, 15) is 4.79 Å². The molecule has 1 N–H and O–H groups in total. The molecular formula is C23H16Cl2N2O. The van der Waals surface area contributed by atoms with Gasteiger partial charge >= 0.3 is 0 Å². The van der Waals surface area contributed by atoms with Gasteiger partial charge in [0.05, 0.1) is 26.8 Å². The van der Waals surface area contributed by atoms with Gasteiger partial charge in [-0.1, -0.05) is 71.2 Å². The first-order valence-electron chi connectivity index (χ1n) is 8.74. The van der Waals surface area contributed by atoms with Crippen LogP contribution in [0.4, 0.5) is 5.69 Å². The molecule has 1 heterocycles. The molecule has 0 saturated heterocycles. The van der Waals surface area contributed by atoms with Gasteiger partial charge in [-0.3, -0.25) is 4.79 Å². The van der Waals surface area contributed by atoms with Crippen molar-refractivity contribution in [3.05, 3.63) is 94.0 Å². The van der Waals surface area contributed by atoms with Crippen LogP contribution in [0.1, 0.15) is 15.9 Å². The second kappa shape index (κ2) is 7.63. The second-order valence-corrected chi connectivity index (χ2v) is 7.34. The molecule has 5 heteroatoms. The summed E-state index contributed by atoms with van der Waals surface area (Å²) in [5, 5.41) is 4.51. The van der Waals surface area contributed by atoms with E-state index < -0.39 is 0 Å². The summed E-state index contributed by atoms with van der Waals surface area (Å²) in [6, 6.07) is 22.5. The van der Waals surface area contributed by atoms with E-state index in [2.05, 4.69) is 5.32 Å². The van der Waals surface area contributed by atoms with E-state index in [1.165, 1.54) is 5.56 Å². The van der Waals surface area contributed by atoms with Crippen LogP contribution in [-0.2, 0) is 0 Å². The lowest BCUT2D eigenvalue weighted by atomic mass is 10.0. The number of benzene rings is 3. The lowest BCUT2D eigenvalue weighted by Crippen LogP contribution is -2.13. The summed E-state index contributed by atoms with van der Waals surface area (Å²) in [6.07, 6.45) is 0. The molecule has 0 aliphatic heterocycles. The standard InChI is InChI=1S/C23H16Cl2N2O/c1-14-6-8-15(9-7-14)22-13-18(17-4-2-3-5-21(17)27-22)23(28)26-16-10-11-19(24)20(25)12-16/h2-13H,1H3,(H,26,28). The van der Waals surface area contributed by atoms with Crippen molar-refractivity contribution in [2.24, 2.45) is 0 Å². The number of carbonyl (C=O) groups excluding carboxylic acids is 1. The average Bonchev–Trinajstić information content (AvgIpc) is 2.70. The van der Waals surface area contributed by atoms with E-state index in [4.69, 9.17) is 28.2 Å². The summed E-state index contributed by atoms with van der Waals surface area (Å²) in [6.45, 7) is 2.04. The van der Waals surface area contributed by atoms with Crippen molar-refractivity contribution in [2.75, 3.05) is 5.32 Å². The number of aryl methyl sites for hydroxylation is 1. The van der Waals surface area contributed by atoms with Crippen molar-refractivity contribution in [2.45, 2.75) is 6.92 Å². The van der Waals surface area contributed by atoms with E-state index in [0.717, 1.165) is 22.2 Å². The average molecular weight is 407 g/mol. The largest absolute Gasteiger partial charge is 0.322 e. The lowest BCUT2D eigenvalue weighted by molar-refractivity contribution is 0.102. The Morgan fingerprint density at radius 2 is 1.64 bits per heavy atom. The molecule has 0 unspecified atom stereocenters. The summed E-state index contributed by atoms with van der Waals surface area (Å²) in [5.74, 6) is -0.231. The van der Waals surface area contributed by atoms with Crippen LogP contribution in [0.15, 0.2) is 72.8 Å². The maximum absolute atomic E-state index is 13.0. The Morgan fingerprint density at radius 1 is 0.893 bits per heavy atom. The van der Waals surface area contributed by atoms with E-state index in [1.807, 2.05) is 61.5 Å².